The lowest BCUT2D eigenvalue weighted by Crippen LogP contribution is -2.09. The van der Waals surface area contributed by atoms with Crippen molar-refractivity contribution in [3.05, 3.63) is 24.0 Å². The van der Waals surface area contributed by atoms with E-state index in [-0.39, 0.29) is 6.42 Å². The second kappa shape index (κ2) is 4.63. The van der Waals surface area contributed by atoms with Crippen LogP contribution >= 0.6 is 0 Å². The van der Waals surface area contributed by atoms with Crippen LogP contribution in [-0.2, 0) is 6.42 Å². The topological polar surface area (TPSA) is 99.7 Å². The molecule has 7 heteroatoms. The number of methoxy groups -OCH3 is 1. The highest BCUT2D eigenvalue weighted by molar-refractivity contribution is 5.88. The molecule has 2 aromatic heterocycles. The van der Waals surface area contributed by atoms with Gasteiger partial charge in [0.15, 0.2) is 5.75 Å². The minimum atomic E-state index is -1.18. The molecule has 18 heavy (non-hydrogen) atoms. The third-order valence-corrected chi connectivity index (χ3v) is 2.43. The minimum absolute atomic E-state index is 0.177. The lowest BCUT2D eigenvalue weighted by atomic mass is 10.2. The molecule has 2 N–H and O–H groups in total. The van der Waals surface area contributed by atoms with Crippen LogP contribution in [0, 0.1) is 11.3 Å². The number of carboxylic acid groups (broad SMARTS) is 1. The Bertz CT molecular complexity index is 642. The molecule has 0 aliphatic heterocycles. The van der Waals surface area contributed by atoms with Crippen LogP contribution in [0.3, 0.4) is 0 Å². The van der Waals surface area contributed by atoms with Crippen molar-refractivity contribution in [1.82, 2.24) is 9.61 Å². The molecule has 7 nitrogen and oxygen atoms in total. The molecule has 2 heterocycles. The van der Waals surface area contributed by atoms with E-state index >= 15 is 0 Å². The number of hydrogen-bond acceptors (Lipinski definition) is 4. The molecule has 0 saturated carbocycles. The number of nitrogens with zero attached hydrogens (tertiary/aromatic N) is 3. The van der Waals surface area contributed by atoms with Crippen LogP contribution in [0.1, 0.15) is 5.56 Å². The Morgan fingerprint density at radius 1 is 1.72 bits per heavy atom. The van der Waals surface area contributed by atoms with Gasteiger partial charge in [-0.1, -0.05) is 0 Å². The lowest BCUT2D eigenvalue weighted by Gasteiger charge is -2.10. The number of carbonyl (C=O) groups is 1. The maximum Gasteiger partial charge on any atom is 0.409 e. The van der Waals surface area contributed by atoms with Crippen molar-refractivity contribution in [3.63, 3.8) is 0 Å². The molecule has 0 aliphatic rings. The van der Waals surface area contributed by atoms with Gasteiger partial charge in [-0.3, -0.25) is 5.32 Å². The molecule has 0 unspecified atom stereocenters. The van der Waals surface area contributed by atoms with E-state index in [0.717, 1.165) is 0 Å². The standard InChI is InChI=1S/C11H10N4O3/c1-18-10-8(14-11(16)17)3-5-15-9(10)7(2-4-12)6-13-15/h3,5-6,14H,2H2,1H3,(H,16,17). The Morgan fingerprint density at radius 3 is 3.11 bits per heavy atom. The van der Waals surface area contributed by atoms with E-state index in [9.17, 15) is 4.79 Å². The number of rotatable bonds is 3. The summed E-state index contributed by atoms with van der Waals surface area (Å²) in [5, 5.41) is 23.8. The Hall–Kier alpha value is -2.75. The third-order valence-electron chi connectivity index (χ3n) is 2.43. The summed E-state index contributed by atoms with van der Waals surface area (Å²) >= 11 is 0. The Morgan fingerprint density at radius 2 is 2.50 bits per heavy atom. The van der Waals surface area contributed by atoms with Gasteiger partial charge in [0.05, 0.1) is 31.5 Å². The fourth-order valence-corrected chi connectivity index (χ4v) is 1.74. The second-order valence-corrected chi connectivity index (χ2v) is 3.49. The quantitative estimate of drug-likeness (QED) is 0.854. The van der Waals surface area contributed by atoms with Crippen LogP contribution in [0.4, 0.5) is 10.5 Å². The van der Waals surface area contributed by atoms with Gasteiger partial charge in [-0.15, -0.1) is 0 Å². The van der Waals surface area contributed by atoms with E-state index < -0.39 is 6.09 Å². The number of amides is 1. The number of pyridine rings is 1. The van der Waals surface area contributed by atoms with Crippen LogP contribution in [0.2, 0.25) is 0 Å². The summed E-state index contributed by atoms with van der Waals surface area (Å²) in [5.74, 6) is 0.350. The van der Waals surface area contributed by atoms with E-state index in [4.69, 9.17) is 15.1 Å². The van der Waals surface area contributed by atoms with Gasteiger partial charge in [0.25, 0.3) is 0 Å². The molecular formula is C11H10N4O3. The zero-order valence-corrected chi connectivity index (χ0v) is 9.54. The monoisotopic (exact) mass is 246 g/mol. The predicted molar refractivity (Wildman–Crippen MR) is 62.7 cm³/mol. The van der Waals surface area contributed by atoms with Crippen molar-refractivity contribution in [3.8, 4) is 11.8 Å². The van der Waals surface area contributed by atoms with Crippen molar-refractivity contribution in [1.29, 1.82) is 5.26 Å². The fraction of sp³-hybridized carbons (Fsp3) is 0.182. The average molecular weight is 246 g/mol. The van der Waals surface area contributed by atoms with E-state index in [1.807, 2.05) is 6.07 Å². The Labute approximate surface area is 102 Å². The fourth-order valence-electron chi connectivity index (χ4n) is 1.74. The van der Waals surface area contributed by atoms with Crippen molar-refractivity contribution in [2.24, 2.45) is 0 Å². The highest BCUT2D eigenvalue weighted by Crippen LogP contribution is 2.31. The van der Waals surface area contributed by atoms with Gasteiger partial charge in [-0.2, -0.15) is 10.4 Å². The van der Waals surface area contributed by atoms with Crippen molar-refractivity contribution in [2.45, 2.75) is 6.42 Å². The molecule has 1 amide bonds. The molecule has 0 saturated heterocycles. The van der Waals surface area contributed by atoms with E-state index in [1.165, 1.54) is 7.11 Å². The number of anilines is 1. The van der Waals surface area contributed by atoms with Crippen LogP contribution in [0.25, 0.3) is 5.52 Å². The van der Waals surface area contributed by atoms with Crippen molar-refractivity contribution < 1.29 is 14.6 Å². The van der Waals surface area contributed by atoms with Crippen LogP contribution < -0.4 is 10.1 Å². The number of hydrogen-bond donors (Lipinski definition) is 2. The normalized spacial score (nSPS) is 10.0. The first-order chi connectivity index (χ1) is 8.67. The summed E-state index contributed by atoms with van der Waals surface area (Å²) in [6.45, 7) is 0. The maximum atomic E-state index is 10.7. The largest absolute Gasteiger partial charge is 0.492 e. The molecule has 0 aromatic carbocycles. The number of ether oxygens (including phenoxy) is 1. The first-order valence-corrected chi connectivity index (χ1v) is 5.07. The molecular weight excluding hydrogens is 236 g/mol. The van der Waals surface area contributed by atoms with E-state index in [1.54, 1.807) is 23.0 Å². The van der Waals surface area contributed by atoms with Gasteiger partial charge in [0.1, 0.15) is 5.52 Å². The van der Waals surface area contributed by atoms with Gasteiger partial charge in [-0.25, -0.2) is 9.31 Å². The summed E-state index contributed by atoms with van der Waals surface area (Å²) in [6.07, 6.45) is 2.16. The van der Waals surface area contributed by atoms with E-state index in [2.05, 4.69) is 10.4 Å². The molecule has 0 aliphatic carbocycles. The van der Waals surface area contributed by atoms with Crippen molar-refractivity contribution >= 4 is 17.3 Å². The Kier molecular flexibility index (Phi) is 3.02. The van der Waals surface area contributed by atoms with Gasteiger partial charge in [0.2, 0.25) is 0 Å². The Balaban J connectivity index is 2.65. The van der Waals surface area contributed by atoms with Crippen molar-refractivity contribution in [2.75, 3.05) is 12.4 Å². The molecule has 0 atom stereocenters. The summed E-state index contributed by atoms with van der Waals surface area (Å²) in [6, 6.07) is 3.57. The van der Waals surface area contributed by atoms with E-state index in [0.29, 0.717) is 22.5 Å². The summed E-state index contributed by atoms with van der Waals surface area (Å²) in [5.41, 5.74) is 1.59. The summed E-state index contributed by atoms with van der Waals surface area (Å²) in [4.78, 5) is 10.7. The van der Waals surface area contributed by atoms with Gasteiger partial charge >= 0.3 is 6.09 Å². The molecule has 0 spiro atoms. The zero-order chi connectivity index (χ0) is 13.1. The van der Waals surface area contributed by atoms with Gasteiger partial charge < -0.3 is 9.84 Å². The molecule has 0 fully saturated rings. The lowest BCUT2D eigenvalue weighted by molar-refractivity contribution is 0.209. The number of aromatic nitrogens is 2. The number of nitrogens with one attached hydrogen (secondary N) is 1. The minimum Gasteiger partial charge on any atom is -0.492 e. The molecule has 2 rings (SSSR count). The predicted octanol–water partition coefficient (Wildman–Crippen LogP) is 1.50. The smallest absolute Gasteiger partial charge is 0.409 e. The maximum absolute atomic E-state index is 10.7. The highest BCUT2D eigenvalue weighted by atomic mass is 16.5. The first kappa shape index (κ1) is 11.7. The SMILES string of the molecule is COc1c(NC(=O)O)ccn2ncc(CC#N)c12. The third kappa shape index (κ3) is 1.91. The second-order valence-electron chi connectivity index (χ2n) is 3.49. The highest BCUT2D eigenvalue weighted by Gasteiger charge is 2.15. The molecule has 2 aromatic rings. The zero-order valence-electron chi connectivity index (χ0n) is 9.54. The average Bonchev–Trinajstić information content (AvgIpc) is 2.72. The number of fused-ring (bicyclic) bond motifs is 1. The summed E-state index contributed by atoms with van der Waals surface area (Å²) < 4.78 is 6.75. The first-order valence-electron chi connectivity index (χ1n) is 5.07. The van der Waals surface area contributed by atoms with Crippen LogP contribution in [-0.4, -0.2) is 27.9 Å². The molecule has 92 valence electrons. The van der Waals surface area contributed by atoms with Crippen LogP contribution in [0.5, 0.6) is 5.75 Å². The summed E-state index contributed by atoms with van der Waals surface area (Å²) in [7, 11) is 1.44. The molecule has 0 radical (unpaired) electrons. The number of nitriles is 1. The molecule has 0 bridgehead atoms. The van der Waals surface area contributed by atoms with Gasteiger partial charge in [-0.05, 0) is 6.07 Å². The van der Waals surface area contributed by atoms with Crippen LogP contribution in [0.15, 0.2) is 18.5 Å². The van der Waals surface area contributed by atoms with Gasteiger partial charge in [0, 0.05) is 11.8 Å².